The summed E-state index contributed by atoms with van der Waals surface area (Å²) in [5.74, 6) is 2.18. The molecule has 0 spiro atoms. The molecule has 1 aromatic heterocycles. The highest BCUT2D eigenvalue weighted by Gasteiger charge is 2.11. The highest BCUT2D eigenvalue weighted by molar-refractivity contribution is 5.43. The first-order chi connectivity index (χ1) is 5.40. The predicted octanol–water partition coefficient (Wildman–Crippen LogP) is 1.33. The second-order valence-corrected chi connectivity index (χ2v) is 2.89. The van der Waals surface area contributed by atoms with Gasteiger partial charge < -0.3 is 10.3 Å². The number of fused-ring (bicyclic) bond motifs is 1. The summed E-state index contributed by atoms with van der Waals surface area (Å²) in [5.41, 5.74) is 1.29. The van der Waals surface area contributed by atoms with Crippen molar-refractivity contribution < 1.29 is 0 Å². The molecule has 60 valence electrons. The van der Waals surface area contributed by atoms with Crippen LogP contribution in [0.4, 0.5) is 5.82 Å². The first-order valence-corrected chi connectivity index (χ1v) is 4.21. The van der Waals surface area contributed by atoms with E-state index in [1.807, 2.05) is 0 Å². The highest BCUT2D eigenvalue weighted by atomic mass is 15.1. The topological polar surface area (TPSA) is 40.7 Å². The van der Waals surface area contributed by atoms with Gasteiger partial charge in [-0.15, -0.1) is 0 Å². The average molecular weight is 151 g/mol. The summed E-state index contributed by atoms with van der Waals surface area (Å²) in [6.07, 6.45) is 3.36. The van der Waals surface area contributed by atoms with Gasteiger partial charge in [-0.1, -0.05) is 6.92 Å². The van der Waals surface area contributed by atoms with Gasteiger partial charge in [0.1, 0.15) is 11.6 Å². The number of imidazole rings is 1. The molecule has 1 aliphatic heterocycles. The zero-order chi connectivity index (χ0) is 7.68. The van der Waals surface area contributed by atoms with Crippen LogP contribution in [-0.2, 0) is 12.8 Å². The van der Waals surface area contributed by atoms with Crippen LogP contribution >= 0.6 is 0 Å². The third-order valence-electron chi connectivity index (χ3n) is 2.06. The molecule has 0 aromatic carbocycles. The van der Waals surface area contributed by atoms with Crippen LogP contribution in [0.25, 0.3) is 0 Å². The Morgan fingerprint density at radius 2 is 2.45 bits per heavy atom. The summed E-state index contributed by atoms with van der Waals surface area (Å²) >= 11 is 0. The van der Waals surface area contributed by atoms with E-state index in [0.717, 1.165) is 31.0 Å². The molecular formula is C8H13N3. The minimum atomic E-state index is 0.995. The minimum absolute atomic E-state index is 0.995. The van der Waals surface area contributed by atoms with E-state index >= 15 is 0 Å². The molecule has 11 heavy (non-hydrogen) atoms. The van der Waals surface area contributed by atoms with Crippen molar-refractivity contribution in [1.29, 1.82) is 0 Å². The standard InChI is InChI=1S/C8H13N3/c1-2-7-10-6-4-3-5-9-8(6)11-7/h9H,2-5H2,1H3,(H,10,11). The van der Waals surface area contributed by atoms with E-state index in [1.165, 1.54) is 12.1 Å². The number of nitrogens with zero attached hydrogens (tertiary/aromatic N) is 1. The summed E-state index contributed by atoms with van der Waals surface area (Å²) in [6.45, 7) is 3.19. The number of hydrogen-bond acceptors (Lipinski definition) is 2. The van der Waals surface area contributed by atoms with Gasteiger partial charge in [-0.3, -0.25) is 0 Å². The molecule has 2 N–H and O–H groups in total. The molecule has 0 atom stereocenters. The molecule has 0 unspecified atom stereocenters. The molecule has 3 nitrogen and oxygen atoms in total. The Morgan fingerprint density at radius 3 is 3.18 bits per heavy atom. The van der Waals surface area contributed by atoms with Crippen LogP contribution < -0.4 is 5.32 Å². The lowest BCUT2D eigenvalue weighted by atomic mass is 10.2. The van der Waals surface area contributed by atoms with Crippen molar-refractivity contribution in [3.63, 3.8) is 0 Å². The van der Waals surface area contributed by atoms with Crippen molar-refractivity contribution in [2.24, 2.45) is 0 Å². The normalized spacial score (nSPS) is 15.7. The fourth-order valence-corrected chi connectivity index (χ4v) is 1.43. The first-order valence-electron chi connectivity index (χ1n) is 4.21. The van der Waals surface area contributed by atoms with E-state index in [-0.39, 0.29) is 0 Å². The van der Waals surface area contributed by atoms with Gasteiger partial charge in [0, 0.05) is 13.0 Å². The second-order valence-electron chi connectivity index (χ2n) is 2.89. The number of aromatic nitrogens is 2. The fraction of sp³-hybridized carbons (Fsp3) is 0.625. The number of anilines is 1. The maximum Gasteiger partial charge on any atom is 0.147 e. The molecule has 0 radical (unpaired) electrons. The van der Waals surface area contributed by atoms with Gasteiger partial charge in [0.25, 0.3) is 0 Å². The quantitative estimate of drug-likeness (QED) is 0.635. The van der Waals surface area contributed by atoms with Gasteiger partial charge in [-0.05, 0) is 12.8 Å². The van der Waals surface area contributed by atoms with Gasteiger partial charge in [0.15, 0.2) is 0 Å². The molecule has 0 saturated carbocycles. The number of rotatable bonds is 1. The summed E-state index contributed by atoms with van der Waals surface area (Å²) in [4.78, 5) is 7.71. The average Bonchev–Trinajstić information content (AvgIpc) is 2.46. The Morgan fingerprint density at radius 1 is 1.55 bits per heavy atom. The molecule has 0 amide bonds. The Balaban J connectivity index is 2.32. The van der Waals surface area contributed by atoms with Crippen LogP contribution in [0.3, 0.4) is 0 Å². The highest BCUT2D eigenvalue weighted by Crippen LogP contribution is 2.18. The Kier molecular flexibility index (Phi) is 1.56. The van der Waals surface area contributed by atoms with E-state index in [9.17, 15) is 0 Å². The number of aryl methyl sites for hydroxylation is 2. The van der Waals surface area contributed by atoms with Crippen LogP contribution in [0.1, 0.15) is 24.9 Å². The van der Waals surface area contributed by atoms with E-state index in [0.29, 0.717) is 0 Å². The Bertz CT molecular complexity index is 228. The maximum absolute atomic E-state index is 4.40. The molecule has 1 aliphatic rings. The number of H-pyrrole nitrogens is 1. The largest absolute Gasteiger partial charge is 0.369 e. The SMILES string of the molecule is CCc1nc2c([nH]1)CCCN2. The van der Waals surface area contributed by atoms with Crippen LogP contribution in [0.15, 0.2) is 0 Å². The van der Waals surface area contributed by atoms with Gasteiger partial charge in [-0.25, -0.2) is 4.98 Å². The van der Waals surface area contributed by atoms with Gasteiger partial charge in [0.2, 0.25) is 0 Å². The van der Waals surface area contributed by atoms with Crippen LogP contribution in [0.5, 0.6) is 0 Å². The van der Waals surface area contributed by atoms with Crippen LogP contribution in [-0.4, -0.2) is 16.5 Å². The molecule has 3 heteroatoms. The van der Waals surface area contributed by atoms with Crippen LogP contribution in [0, 0.1) is 0 Å². The molecular weight excluding hydrogens is 138 g/mol. The Labute approximate surface area is 66.2 Å². The van der Waals surface area contributed by atoms with Crippen molar-refractivity contribution in [3.8, 4) is 0 Å². The summed E-state index contributed by atoms with van der Waals surface area (Å²) in [6, 6.07) is 0. The lowest BCUT2D eigenvalue weighted by molar-refractivity contribution is 0.806. The second kappa shape index (κ2) is 2.57. The third-order valence-corrected chi connectivity index (χ3v) is 2.06. The van der Waals surface area contributed by atoms with E-state index < -0.39 is 0 Å². The Hall–Kier alpha value is -0.990. The van der Waals surface area contributed by atoms with Crippen molar-refractivity contribution in [3.05, 3.63) is 11.5 Å². The lowest BCUT2D eigenvalue weighted by Gasteiger charge is -2.10. The zero-order valence-electron chi connectivity index (χ0n) is 6.78. The molecule has 0 aliphatic carbocycles. The van der Waals surface area contributed by atoms with Gasteiger partial charge in [-0.2, -0.15) is 0 Å². The number of nitrogens with one attached hydrogen (secondary N) is 2. The van der Waals surface area contributed by atoms with Crippen LogP contribution in [0.2, 0.25) is 0 Å². The summed E-state index contributed by atoms with van der Waals surface area (Å²) < 4.78 is 0. The monoisotopic (exact) mass is 151 g/mol. The molecule has 1 aromatic rings. The smallest absolute Gasteiger partial charge is 0.147 e. The lowest BCUT2D eigenvalue weighted by Crippen LogP contribution is -2.10. The van der Waals surface area contributed by atoms with Crippen molar-refractivity contribution >= 4 is 5.82 Å². The van der Waals surface area contributed by atoms with Crippen molar-refractivity contribution in [1.82, 2.24) is 9.97 Å². The maximum atomic E-state index is 4.40. The first kappa shape index (κ1) is 6.70. The third kappa shape index (κ3) is 1.11. The zero-order valence-corrected chi connectivity index (χ0v) is 6.78. The molecule has 2 rings (SSSR count). The summed E-state index contributed by atoms with van der Waals surface area (Å²) in [5, 5.41) is 3.27. The fourth-order valence-electron chi connectivity index (χ4n) is 1.43. The predicted molar refractivity (Wildman–Crippen MR) is 44.8 cm³/mol. The number of aromatic amines is 1. The molecule has 0 bridgehead atoms. The van der Waals surface area contributed by atoms with Crippen molar-refractivity contribution in [2.75, 3.05) is 11.9 Å². The molecule has 0 fully saturated rings. The summed E-state index contributed by atoms with van der Waals surface area (Å²) in [7, 11) is 0. The minimum Gasteiger partial charge on any atom is -0.369 e. The van der Waals surface area contributed by atoms with E-state index in [4.69, 9.17) is 0 Å². The van der Waals surface area contributed by atoms with E-state index in [2.05, 4.69) is 22.2 Å². The molecule has 0 saturated heterocycles. The number of hydrogen-bond donors (Lipinski definition) is 2. The van der Waals surface area contributed by atoms with Crippen molar-refractivity contribution in [2.45, 2.75) is 26.2 Å². The van der Waals surface area contributed by atoms with Gasteiger partial charge >= 0.3 is 0 Å². The molecule has 2 heterocycles. The van der Waals surface area contributed by atoms with E-state index in [1.54, 1.807) is 0 Å². The van der Waals surface area contributed by atoms with Gasteiger partial charge in [0.05, 0.1) is 5.69 Å².